The molecule has 5 nitrogen and oxygen atoms in total. The molecule has 0 saturated carbocycles. The van der Waals surface area contributed by atoms with E-state index in [0.717, 1.165) is 0 Å². The van der Waals surface area contributed by atoms with Crippen LogP contribution < -0.4 is 0 Å². The molecule has 1 fully saturated rings. The van der Waals surface area contributed by atoms with Crippen LogP contribution in [0.2, 0.25) is 0 Å². The zero-order valence-electron chi connectivity index (χ0n) is 11.6. The van der Waals surface area contributed by atoms with E-state index in [0.29, 0.717) is 26.2 Å². The first kappa shape index (κ1) is 15.1. The van der Waals surface area contributed by atoms with Crippen LogP contribution in [-0.2, 0) is 19.1 Å². The van der Waals surface area contributed by atoms with Gasteiger partial charge in [-0.3, -0.25) is 14.5 Å². The SMILES string of the molecule is CCOC(CCN1C(=O)C(C)C(C)C1=O)OCC. The van der Waals surface area contributed by atoms with E-state index in [1.807, 2.05) is 13.8 Å². The third kappa shape index (κ3) is 3.29. The maximum Gasteiger partial charge on any atom is 0.232 e. The van der Waals surface area contributed by atoms with Crippen molar-refractivity contribution in [3.8, 4) is 0 Å². The molecule has 0 aromatic heterocycles. The lowest BCUT2D eigenvalue weighted by molar-refractivity contribution is -0.150. The van der Waals surface area contributed by atoms with Gasteiger partial charge >= 0.3 is 0 Å². The van der Waals surface area contributed by atoms with Gasteiger partial charge in [0.1, 0.15) is 0 Å². The molecule has 5 heteroatoms. The Balaban J connectivity index is 2.51. The first-order chi connectivity index (χ1) is 8.52. The van der Waals surface area contributed by atoms with Gasteiger partial charge in [-0.25, -0.2) is 0 Å². The van der Waals surface area contributed by atoms with E-state index in [-0.39, 0.29) is 29.9 Å². The van der Waals surface area contributed by atoms with Gasteiger partial charge in [0.05, 0.1) is 0 Å². The Labute approximate surface area is 108 Å². The Morgan fingerprint density at radius 1 is 1.06 bits per heavy atom. The molecule has 18 heavy (non-hydrogen) atoms. The van der Waals surface area contributed by atoms with Gasteiger partial charge in [-0.05, 0) is 13.8 Å². The molecule has 1 heterocycles. The second-order valence-electron chi connectivity index (χ2n) is 4.53. The number of likely N-dealkylation sites (tertiary alicyclic amines) is 1. The highest BCUT2D eigenvalue weighted by Crippen LogP contribution is 2.25. The normalized spacial score (nSPS) is 24.4. The van der Waals surface area contributed by atoms with E-state index < -0.39 is 0 Å². The first-order valence-corrected chi connectivity index (χ1v) is 6.61. The Morgan fingerprint density at radius 2 is 1.50 bits per heavy atom. The molecule has 0 aromatic carbocycles. The third-order valence-corrected chi connectivity index (χ3v) is 3.35. The smallest absolute Gasteiger partial charge is 0.232 e. The summed E-state index contributed by atoms with van der Waals surface area (Å²) in [5.41, 5.74) is 0. The number of hydrogen-bond donors (Lipinski definition) is 0. The van der Waals surface area contributed by atoms with Crippen molar-refractivity contribution in [2.24, 2.45) is 11.8 Å². The average Bonchev–Trinajstić information content (AvgIpc) is 2.53. The number of hydrogen-bond acceptors (Lipinski definition) is 4. The van der Waals surface area contributed by atoms with E-state index in [9.17, 15) is 9.59 Å². The van der Waals surface area contributed by atoms with Crippen molar-refractivity contribution < 1.29 is 19.1 Å². The summed E-state index contributed by atoms with van der Waals surface area (Å²) in [6, 6.07) is 0. The Morgan fingerprint density at radius 3 is 1.89 bits per heavy atom. The number of carbonyl (C=O) groups is 2. The van der Waals surface area contributed by atoms with E-state index >= 15 is 0 Å². The number of amides is 2. The lowest BCUT2D eigenvalue weighted by Crippen LogP contribution is -2.34. The molecule has 104 valence electrons. The fraction of sp³-hybridized carbons (Fsp3) is 0.846. The number of nitrogens with zero attached hydrogens (tertiary/aromatic N) is 1. The maximum absolute atomic E-state index is 11.9. The molecular formula is C13H23NO4. The molecule has 0 N–H and O–H groups in total. The zero-order chi connectivity index (χ0) is 13.7. The van der Waals surface area contributed by atoms with Gasteiger partial charge in [-0.1, -0.05) is 13.8 Å². The lowest BCUT2D eigenvalue weighted by Gasteiger charge is -2.20. The number of rotatable bonds is 7. The summed E-state index contributed by atoms with van der Waals surface area (Å²) in [7, 11) is 0. The highest BCUT2D eigenvalue weighted by molar-refractivity contribution is 6.04. The van der Waals surface area contributed by atoms with Crippen molar-refractivity contribution in [1.29, 1.82) is 0 Å². The standard InChI is InChI=1S/C13H23NO4/c1-5-17-11(18-6-2)7-8-14-12(15)9(3)10(4)13(14)16/h9-11H,5-8H2,1-4H3. The Kier molecular flexibility index (Phi) is 5.75. The van der Waals surface area contributed by atoms with Gasteiger partial charge in [-0.15, -0.1) is 0 Å². The van der Waals surface area contributed by atoms with Crippen molar-refractivity contribution in [3.63, 3.8) is 0 Å². The van der Waals surface area contributed by atoms with Crippen LogP contribution in [-0.4, -0.2) is 42.8 Å². The molecule has 1 aliphatic rings. The topological polar surface area (TPSA) is 55.8 Å². The van der Waals surface area contributed by atoms with E-state index in [4.69, 9.17) is 9.47 Å². The van der Waals surface area contributed by atoms with Crippen molar-refractivity contribution in [3.05, 3.63) is 0 Å². The van der Waals surface area contributed by atoms with Crippen LogP contribution in [0.4, 0.5) is 0 Å². The van der Waals surface area contributed by atoms with Gasteiger partial charge in [0.25, 0.3) is 0 Å². The van der Waals surface area contributed by atoms with Crippen LogP contribution in [0.15, 0.2) is 0 Å². The largest absolute Gasteiger partial charge is 0.353 e. The number of ether oxygens (including phenoxy) is 2. The summed E-state index contributed by atoms with van der Waals surface area (Å²) in [4.78, 5) is 25.1. The van der Waals surface area contributed by atoms with Crippen LogP contribution in [0.3, 0.4) is 0 Å². The molecule has 1 saturated heterocycles. The van der Waals surface area contributed by atoms with Crippen LogP contribution in [0.1, 0.15) is 34.1 Å². The molecule has 0 bridgehead atoms. The fourth-order valence-corrected chi connectivity index (χ4v) is 2.07. The summed E-state index contributed by atoms with van der Waals surface area (Å²) in [5.74, 6) is -0.594. The highest BCUT2D eigenvalue weighted by Gasteiger charge is 2.41. The summed E-state index contributed by atoms with van der Waals surface area (Å²) in [6.07, 6.45) is 0.185. The predicted octanol–water partition coefficient (Wildman–Crippen LogP) is 1.42. The summed E-state index contributed by atoms with van der Waals surface area (Å²) in [6.45, 7) is 8.86. The minimum atomic E-state index is -0.341. The molecule has 1 aliphatic heterocycles. The quantitative estimate of drug-likeness (QED) is 0.511. The zero-order valence-corrected chi connectivity index (χ0v) is 11.6. The average molecular weight is 257 g/mol. The molecule has 0 radical (unpaired) electrons. The first-order valence-electron chi connectivity index (χ1n) is 6.61. The van der Waals surface area contributed by atoms with Crippen LogP contribution in [0.5, 0.6) is 0 Å². The molecular weight excluding hydrogens is 234 g/mol. The van der Waals surface area contributed by atoms with Gasteiger partial charge < -0.3 is 9.47 Å². The second kappa shape index (κ2) is 6.85. The van der Waals surface area contributed by atoms with E-state index in [1.165, 1.54) is 4.90 Å². The van der Waals surface area contributed by atoms with Gasteiger partial charge in [-0.2, -0.15) is 0 Å². The van der Waals surface area contributed by atoms with E-state index in [2.05, 4.69) is 0 Å². The predicted molar refractivity (Wildman–Crippen MR) is 66.7 cm³/mol. The molecule has 1 rings (SSSR count). The van der Waals surface area contributed by atoms with Crippen molar-refractivity contribution in [2.45, 2.75) is 40.4 Å². The van der Waals surface area contributed by atoms with Crippen molar-refractivity contribution in [1.82, 2.24) is 4.90 Å². The minimum absolute atomic E-state index is 0.0840. The molecule has 0 aliphatic carbocycles. The van der Waals surface area contributed by atoms with Gasteiger partial charge in [0.2, 0.25) is 11.8 Å². The highest BCUT2D eigenvalue weighted by atomic mass is 16.7. The van der Waals surface area contributed by atoms with E-state index in [1.54, 1.807) is 13.8 Å². The Bertz CT molecular complexity index is 279. The minimum Gasteiger partial charge on any atom is -0.353 e. The van der Waals surface area contributed by atoms with Gasteiger partial charge in [0, 0.05) is 38.0 Å². The Hall–Kier alpha value is -0.940. The monoisotopic (exact) mass is 257 g/mol. The summed E-state index contributed by atoms with van der Waals surface area (Å²) < 4.78 is 10.8. The maximum atomic E-state index is 11.9. The molecule has 2 amide bonds. The molecule has 2 unspecified atom stereocenters. The van der Waals surface area contributed by atoms with Crippen LogP contribution >= 0.6 is 0 Å². The number of carbonyl (C=O) groups excluding carboxylic acids is 2. The third-order valence-electron chi connectivity index (χ3n) is 3.35. The lowest BCUT2D eigenvalue weighted by atomic mass is 10.00. The van der Waals surface area contributed by atoms with Gasteiger partial charge in [0.15, 0.2) is 6.29 Å². The summed E-state index contributed by atoms with van der Waals surface area (Å²) in [5, 5.41) is 0. The number of imide groups is 1. The van der Waals surface area contributed by atoms with Crippen molar-refractivity contribution in [2.75, 3.05) is 19.8 Å². The van der Waals surface area contributed by atoms with Crippen LogP contribution in [0, 0.1) is 11.8 Å². The van der Waals surface area contributed by atoms with Crippen LogP contribution in [0.25, 0.3) is 0 Å². The molecule has 0 aromatic rings. The second-order valence-corrected chi connectivity index (χ2v) is 4.53. The fourth-order valence-electron chi connectivity index (χ4n) is 2.07. The molecule has 2 atom stereocenters. The molecule has 0 spiro atoms. The van der Waals surface area contributed by atoms with Crippen molar-refractivity contribution >= 4 is 11.8 Å². The summed E-state index contributed by atoms with van der Waals surface area (Å²) >= 11 is 0.